The minimum atomic E-state index is -1.97. The lowest BCUT2D eigenvalue weighted by Gasteiger charge is -2.48. The summed E-state index contributed by atoms with van der Waals surface area (Å²) in [6, 6.07) is -0.964. The third-order valence-electron chi connectivity index (χ3n) is 15.1. The first-order valence-electron chi connectivity index (χ1n) is 29.4. The Morgan fingerprint density at radius 3 is 1.25 bits per heavy atom. The molecule has 17 unspecified atom stereocenters. The van der Waals surface area contributed by atoms with E-state index < -0.39 is 124 Å². The summed E-state index contributed by atoms with van der Waals surface area (Å²) < 4.78 is 34.1. The maximum atomic E-state index is 13.1. The lowest BCUT2D eigenvalue weighted by molar-refractivity contribution is -0.379. The van der Waals surface area contributed by atoms with Crippen LogP contribution in [-0.4, -0.2) is 193 Å². The largest absolute Gasteiger partial charge is 0.394 e. The van der Waals surface area contributed by atoms with Gasteiger partial charge < -0.3 is 89.9 Å². The number of nitrogens with one attached hydrogen (secondary N) is 1. The van der Waals surface area contributed by atoms with Crippen LogP contribution in [0.25, 0.3) is 0 Å². The normalized spacial score (nSPS) is 31.2. The number of aliphatic hydroxyl groups is 11. The van der Waals surface area contributed by atoms with Crippen LogP contribution in [-0.2, 0) is 33.2 Å². The van der Waals surface area contributed by atoms with Crippen LogP contribution >= 0.6 is 0 Å². The molecule has 0 bridgehead atoms. The molecule has 0 spiro atoms. The molecule has 0 aliphatic carbocycles. The summed E-state index contributed by atoms with van der Waals surface area (Å²) in [6.45, 7) is 1.65. The van der Waals surface area contributed by atoms with Gasteiger partial charge in [0.1, 0.15) is 73.2 Å². The number of amides is 1. The Kier molecular flexibility index (Phi) is 36.8. The number of aliphatic hydroxyl groups excluding tert-OH is 11. The predicted molar refractivity (Wildman–Crippen MR) is 282 cm³/mol. The van der Waals surface area contributed by atoms with Crippen LogP contribution in [0.15, 0.2) is 12.2 Å². The van der Waals surface area contributed by atoms with E-state index in [-0.39, 0.29) is 18.9 Å². The second-order valence-electron chi connectivity index (χ2n) is 21.5. The summed E-state index contributed by atoms with van der Waals surface area (Å²) >= 11 is 0. The lowest BCUT2D eigenvalue weighted by Crippen LogP contribution is -2.66. The molecule has 3 aliphatic heterocycles. The van der Waals surface area contributed by atoms with Gasteiger partial charge in [0.2, 0.25) is 5.91 Å². The van der Waals surface area contributed by atoms with Crippen molar-refractivity contribution in [2.45, 2.75) is 311 Å². The molecule has 17 atom stereocenters. The minimum Gasteiger partial charge on any atom is -0.394 e. The highest BCUT2D eigenvalue weighted by molar-refractivity contribution is 5.76. The highest BCUT2D eigenvalue weighted by Gasteiger charge is 2.53. The molecule has 3 aliphatic rings. The molecule has 12 N–H and O–H groups in total. The zero-order valence-electron chi connectivity index (χ0n) is 45.8. The van der Waals surface area contributed by atoms with Gasteiger partial charge in [-0.05, 0) is 19.3 Å². The van der Waals surface area contributed by atoms with Crippen LogP contribution in [0.3, 0.4) is 0 Å². The van der Waals surface area contributed by atoms with Crippen molar-refractivity contribution in [2.24, 2.45) is 0 Å². The van der Waals surface area contributed by atoms with Crippen molar-refractivity contribution in [3.05, 3.63) is 12.2 Å². The Labute approximate surface area is 448 Å². The molecule has 3 rings (SSSR count). The number of hydrogen-bond acceptors (Lipinski definition) is 18. The number of ether oxygens (including phenoxy) is 6. The Hall–Kier alpha value is -1.47. The van der Waals surface area contributed by atoms with Gasteiger partial charge >= 0.3 is 0 Å². The molecular formula is C56H105NO18. The molecule has 19 heteroatoms. The van der Waals surface area contributed by atoms with Gasteiger partial charge in [-0.3, -0.25) is 4.79 Å². The molecule has 0 saturated carbocycles. The number of allylic oxidation sites excluding steroid dienone is 1. The molecule has 75 heavy (non-hydrogen) atoms. The van der Waals surface area contributed by atoms with Crippen LogP contribution < -0.4 is 5.32 Å². The van der Waals surface area contributed by atoms with E-state index in [9.17, 15) is 61.0 Å². The zero-order chi connectivity index (χ0) is 54.8. The quantitative estimate of drug-likeness (QED) is 0.0293. The second-order valence-corrected chi connectivity index (χ2v) is 21.5. The van der Waals surface area contributed by atoms with Crippen molar-refractivity contribution >= 4 is 5.91 Å². The van der Waals surface area contributed by atoms with Gasteiger partial charge in [-0.1, -0.05) is 193 Å². The predicted octanol–water partition coefficient (Wildman–Crippen LogP) is 4.60. The number of hydrogen-bond donors (Lipinski definition) is 12. The average molecular weight is 1080 g/mol. The smallest absolute Gasteiger partial charge is 0.220 e. The Bertz CT molecular complexity index is 1430. The van der Waals surface area contributed by atoms with Gasteiger partial charge in [-0.25, -0.2) is 0 Å². The highest BCUT2D eigenvalue weighted by atomic mass is 16.8. The Morgan fingerprint density at radius 2 is 0.827 bits per heavy atom. The van der Waals surface area contributed by atoms with E-state index in [4.69, 9.17) is 28.4 Å². The number of carbonyl (C=O) groups is 1. The van der Waals surface area contributed by atoms with E-state index in [0.29, 0.717) is 6.42 Å². The first-order chi connectivity index (χ1) is 36.3. The summed E-state index contributed by atoms with van der Waals surface area (Å²) in [5, 5.41) is 120. The van der Waals surface area contributed by atoms with Gasteiger partial charge in [-0.2, -0.15) is 0 Å². The van der Waals surface area contributed by atoms with E-state index >= 15 is 0 Å². The van der Waals surface area contributed by atoms with Crippen molar-refractivity contribution in [1.82, 2.24) is 5.32 Å². The summed E-state index contributed by atoms with van der Waals surface area (Å²) in [5.41, 5.74) is 0. The molecule has 0 aromatic rings. The van der Waals surface area contributed by atoms with Crippen molar-refractivity contribution in [3.63, 3.8) is 0 Å². The standard InChI is InChI=1S/C56H105NO18/c1-3-5-7-9-11-12-13-14-15-16-17-18-19-20-21-22-23-24-25-26-27-28-29-31-33-40(61)39(57-44(62)34-32-30-10-8-6-4-2)38-70-54-50(68)47(65)52(42(36-59)72-54)75-56-51(69)48(66)53(43(37-60)73-56)74-55-49(67)46(64)45(63)41(35-58)71-55/h31,33,39-43,45-56,58-61,63-69H,3-30,32,34-38H2,1-2H3,(H,57,62)/b33-31+. The monoisotopic (exact) mass is 1080 g/mol. The van der Waals surface area contributed by atoms with Crippen molar-refractivity contribution in [3.8, 4) is 0 Å². The van der Waals surface area contributed by atoms with Gasteiger partial charge in [0, 0.05) is 6.42 Å². The molecular weight excluding hydrogens is 975 g/mol. The van der Waals surface area contributed by atoms with E-state index in [2.05, 4.69) is 19.2 Å². The number of carbonyl (C=O) groups excluding carboxylic acids is 1. The molecule has 19 nitrogen and oxygen atoms in total. The van der Waals surface area contributed by atoms with Crippen LogP contribution in [0.1, 0.15) is 206 Å². The summed E-state index contributed by atoms with van der Waals surface area (Å²) in [7, 11) is 0. The molecule has 0 aromatic carbocycles. The first kappa shape index (κ1) is 67.8. The minimum absolute atomic E-state index is 0.243. The topological polar surface area (TPSA) is 307 Å². The van der Waals surface area contributed by atoms with E-state index in [1.54, 1.807) is 6.08 Å². The van der Waals surface area contributed by atoms with Gasteiger partial charge in [-0.15, -0.1) is 0 Å². The van der Waals surface area contributed by atoms with Crippen LogP contribution in [0, 0.1) is 0 Å². The fourth-order valence-electron chi connectivity index (χ4n) is 10.2. The van der Waals surface area contributed by atoms with Gasteiger partial charge in [0.15, 0.2) is 18.9 Å². The van der Waals surface area contributed by atoms with Crippen LogP contribution in [0.5, 0.6) is 0 Å². The number of rotatable bonds is 43. The van der Waals surface area contributed by atoms with Crippen molar-refractivity contribution < 1.29 is 89.4 Å². The first-order valence-corrected chi connectivity index (χ1v) is 29.4. The third kappa shape index (κ3) is 25.3. The van der Waals surface area contributed by atoms with E-state index in [1.165, 1.54) is 122 Å². The SMILES string of the molecule is CCCCCCCCCCCCCCCCCCCCCCCC/C=C/C(O)C(COC1OC(CO)C(OC2OC(CO)C(OC3OC(CO)C(O)C(O)C3O)C(O)C2O)C(O)C1O)NC(=O)CCCCCCCC. The second kappa shape index (κ2) is 40.7. The Morgan fingerprint density at radius 1 is 0.467 bits per heavy atom. The maximum Gasteiger partial charge on any atom is 0.220 e. The molecule has 3 fully saturated rings. The van der Waals surface area contributed by atoms with Crippen LogP contribution in [0.2, 0.25) is 0 Å². The molecule has 0 aromatic heterocycles. The third-order valence-corrected chi connectivity index (χ3v) is 15.1. The summed E-state index contributed by atoms with van der Waals surface area (Å²) in [6.07, 6.45) is 12.6. The van der Waals surface area contributed by atoms with Crippen molar-refractivity contribution in [2.75, 3.05) is 26.4 Å². The van der Waals surface area contributed by atoms with Gasteiger partial charge in [0.05, 0.1) is 38.6 Å². The maximum absolute atomic E-state index is 13.1. The average Bonchev–Trinajstić information content (AvgIpc) is 3.41. The molecule has 1 amide bonds. The van der Waals surface area contributed by atoms with Crippen molar-refractivity contribution in [1.29, 1.82) is 0 Å². The number of unbranched alkanes of at least 4 members (excludes halogenated alkanes) is 27. The fraction of sp³-hybridized carbons (Fsp3) is 0.946. The molecule has 3 heterocycles. The highest BCUT2D eigenvalue weighted by Crippen LogP contribution is 2.33. The van der Waals surface area contributed by atoms with E-state index in [1.807, 2.05) is 6.08 Å². The van der Waals surface area contributed by atoms with E-state index in [0.717, 1.165) is 57.8 Å². The summed E-state index contributed by atoms with van der Waals surface area (Å²) in [5.74, 6) is -0.284. The van der Waals surface area contributed by atoms with Gasteiger partial charge in [0.25, 0.3) is 0 Å². The summed E-state index contributed by atoms with van der Waals surface area (Å²) in [4.78, 5) is 13.1. The van der Waals surface area contributed by atoms with Crippen LogP contribution in [0.4, 0.5) is 0 Å². The molecule has 0 radical (unpaired) electrons. The molecule has 442 valence electrons. The lowest BCUT2D eigenvalue weighted by atomic mass is 9.96. The Balaban J connectivity index is 1.43. The fourth-order valence-corrected chi connectivity index (χ4v) is 10.2. The molecule has 3 saturated heterocycles. The zero-order valence-corrected chi connectivity index (χ0v) is 45.8.